The minimum atomic E-state index is -0.0860. The molecule has 3 heteroatoms. The van der Waals surface area contributed by atoms with Crippen molar-refractivity contribution in [2.75, 3.05) is 12.9 Å². The molecule has 0 saturated heterocycles. The number of hydrogen-bond donors (Lipinski definition) is 0. The number of allylic oxidation sites excluding steroid dienone is 4. The second-order valence-corrected chi connectivity index (χ2v) is 11.8. The Bertz CT molecular complexity index is 1050. The van der Waals surface area contributed by atoms with Gasteiger partial charge in [-0.15, -0.1) is 11.8 Å². The van der Waals surface area contributed by atoms with Crippen LogP contribution in [0.25, 0.3) is 0 Å². The van der Waals surface area contributed by atoms with Crippen LogP contribution in [-0.4, -0.2) is 24.2 Å². The van der Waals surface area contributed by atoms with E-state index in [9.17, 15) is 4.79 Å². The lowest BCUT2D eigenvalue weighted by Gasteiger charge is -2.55. The van der Waals surface area contributed by atoms with E-state index in [4.69, 9.17) is 4.74 Å². The van der Waals surface area contributed by atoms with Gasteiger partial charge in [0, 0.05) is 22.1 Å². The minimum Gasteiger partial charge on any atom is -0.366 e. The van der Waals surface area contributed by atoms with Gasteiger partial charge in [0.15, 0.2) is 5.78 Å². The number of ether oxygens (including phenoxy) is 1. The standard InChI is InChI=1S/C29H34O2S/c1-18-15-23-20(16-26(18)30)7-10-22-25-11-13-29(12-4-14-31-29)28(25,2)17-24(27(22)23)19-5-8-21(32-3)9-6-19/h4-6,8-9,12,16,18,22,24-25H,7,10-11,13-15,17H2,1-3H3/t18-,22-,24?,25-,28-,29-/m0/s1. The molecule has 6 rings (SSSR count). The summed E-state index contributed by atoms with van der Waals surface area (Å²) in [5.41, 5.74) is 6.09. The quantitative estimate of drug-likeness (QED) is 0.366. The second kappa shape index (κ2) is 7.46. The van der Waals surface area contributed by atoms with Crippen molar-refractivity contribution in [2.24, 2.45) is 23.2 Å². The molecule has 1 spiro atoms. The third-order valence-electron chi connectivity index (χ3n) is 9.62. The van der Waals surface area contributed by atoms with Gasteiger partial charge in [-0.25, -0.2) is 0 Å². The van der Waals surface area contributed by atoms with E-state index in [0.29, 0.717) is 23.5 Å². The number of benzene rings is 1. The fourth-order valence-corrected chi connectivity index (χ4v) is 8.37. The highest BCUT2D eigenvalue weighted by atomic mass is 32.2. The molecule has 0 N–H and O–H groups in total. The first-order valence-electron chi connectivity index (χ1n) is 12.4. The average molecular weight is 447 g/mol. The molecule has 168 valence electrons. The Labute approximate surface area is 196 Å². The molecule has 4 aliphatic carbocycles. The largest absolute Gasteiger partial charge is 0.366 e. The van der Waals surface area contributed by atoms with E-state index in [1.165, 1.54) is 34.4 Å². The summed E-state index contributed by atoms with van der Waals surface area (Å²) in [6.07, 6.45) is 15.5. The van der Waals surface area contributed by atoms with Crippen molar-refractivity contribution >= 4 is 17.5 Å². The number of rotatable bonds is 2. The molecular weight excluding hydrogens is 412 g/mol. The summed E-state index contributed by atoms with van der Waals surface area (Å²) in [6, 6.07) is 9.32. The van der Waals surface area contributed by atoms with Crippen molar-refractivity contribution in [1.82, 2.24) is 0 Å². The molecule has 5 aliphatic rings. The van der Waals surface area contributed by atoms with Crippen molar-refractivity contribution in [3.8, 4) is 0 Å². The summed E-state index contributed by atoms with van der Waals surface area (Å²) < 4.78 is 6.53. The Kier molecular flexibility index (Phi) is 4.90. The summed E-state index contributed by atoms with van der Waals surface area (Å²) in [6.45, 7) is 5.41. The van der Waals surface area contributed by atoms with E-state index in [0.717, 1.165) is 32.3 Å². The molecule has 1 aliphatic heterocycles. The molecule has 1 unspecified atom stereocenters. The molecular formula is C29H34O2S. The highest BCUT2D eigenvalue weighted by Crippen LogP contribution is 2.68. The first kappa shape index (κ1) is 21.0. The van der Waals surface area contributed by atoms with Gasteiger partial charge in [0.05, 0.1) is 12.2 Å². The third-order valence-corrected chi connectivity index (χ3v) is 10.4. The Morgan fingerprint density at radius 1 is 1.16 bits per heavy atom. The fraction of sp³-hybridized carbons (Fsp3) is 0.552. The van der Waals surface area contributed by atoms with Crippen LogP contribution in [0.2, 0.25) is 0 Å². The average Bonchev–Trinajstić information content (AvgIpc) is 3.40. The summed E-state index contributed by atoms with van der Waals surface area (Å²) >= 11 is 1.81. The SMILES string of the molecule is CSc1ccc(C2C[C@@]3(C)[C@@H](CC[C@@]34C=CCO4)[C@@H]3CCC4=CC(=O)[C@@H](C)CC4=C23)cc1. The van der Waals surface area contributed by atoms with Gasteiger partial charge >= 0.3 is 0 Å². The second-order valence-electron chi connectivity index (χ2n) is 11.0. The molecule has 2 nitrogen and oxygen atoms in total. The number of hydrogen-bond acceptors (Lipinski definition) is 3. The molecule has 0 bridgehead atoms. The minimum absolute atomic E-state index is 0.0860. The van der Waals surface area contributed by atoms with Crippen LogP contribution in [-0.2, 0) is 9.53 Å². The number of thioether (sulfide) groups is 1. The van der Waals surface area contributed by atoms with E-state index < -0.39 is 0 Å². The molecule has 0 amide bonds. The lowest BCUT2D eigenvalue weighted by atomic mass is 9.51. The van der Waals surface area contributed by atoms with Gasteiger partial charge in [0.25, 0.3) is 0 Å². The predicted molar refractivity (Wildman–Crippen MR) is 131 cm³/mol. The van der Waals surface area contributed by atoms with Crippen molar-refractivity contribution in [3.05, 3.63) is 64.8 Å². The first-order chi connectivity index (χ1) is 15.5. The highest BCUT2D eigenvalue weighted by Gasteiger charge is 2.63. The van der Waals surface area contributed by atoms with E-state index in [1.54, 1.807) is 5.57 Å². The topological polar surface area (TPSA) is 26.3 Å². The van der Waals surface area contributed by atoms with Crippen LogP contribution in [0.3, 0.4) is 0 Å². The maximum atomic E-state index is 12.5. The van der Waals surface area contributed by atoms with Gasteiger partial charge in [-0.1, -0.05) is 43.7 Å². The first-order valence-corrected chi connectivity index (χ1v) is 13.6. The van der Waals surface area contributed by atoms with E-state index in [2.05, 4.69) is 56.5 Å². The molecule has 1 heterocycles. The van der Waals surface area contributed by atoms with Gasteiger partial charge < -0.3 is 4.74 Å². The normalized spacial score (nSPS) is 40.3. The lowest BCUT2D eigenvalue weighted by molar-refractivity contribution is -0.118. The van der Waals surface area contributed by atoms with Crippen molar-refractivity contribution in [3.63, 3.8) is 0 Å². The third kappa shape index (κ3) is 2.86. The predicted octanol–water partition coefficient (Wildman–Crippen LogP) is 6.88. The molecule has 32 heavy (non-hydrogen) atoms. The Balaban J connectivity index is 1.52. The van der Waals surface area contributed by atoms with E-state index in [-0.39, 0.29) is 16.9 Å². The molecule has 1 aromatic rings. The summed E-state index contributed by atoms with van der Waals surface area (Å²) in [4.78, 5) is 13.8. The van der Waals surface area contributed by atoms with Crippen LogP contribution in [0.4, 0.5) is 0 Å². The van der Waals surface area contributed by atoms with E-state index >= 15 is 0 Å². The van der Waals surface area contributed by atoms with Crippen molar-refractivity contribution < 1.29 is 9.53 Å². The zero-order chi connectivity index (χ0) is 22.1. The molecule has 0 aromatic heterocycles. The van der Waals surface area contributed by atoms with Gasteiger partial charge in [0.1, 0.15) is 0 Å². The van der Waals surface area contributed by atoms with Gasteiger partial charge in [-0.2, -0.15) is 0 Å². The van der Waals surface area contributed by atoms with Crippen LogP contribution in [0.1, 0.15) is 63.9 Å². The lowest BCUT2D eigenvalue weighted by Crippen LogP contribution is -2.51. The maximum Gasteiger partial charge on any atom is 0.159 e. The van der Waals surface area contributed by atoms with Crippen LogP contribution in [0.5, 0.6) is 0 Å². The molecule has 1 aromatic carbocycles. The van der Waals surface area contributed by atoms with Crippen LogP contribution in [0.15, 0.2) is 64.1 Å². The van der Waals surface area contributed by atoms with Gasteiger partial charge in [-0.3, -0.25) is 4.79 Å². The number of carbonyl (C=O) groups excluding carboxylic acids is 1. The van der Waals surface area contributed by atoms with Crippen LogP contribution >= 0.6 is 11.8 Å². The smallest absolute Gasteiger partial charge is 0.159 e. The number of carbonyl (C=O) groups is 1. The summed E-state index contributed by atoms with van der Waals surface area (Å²) in [5.74, 6) is 2.15. The zero-order valence-corrected chi connectivity index (χ0v) is 20.3. The van der Waals surface area contributed by atoms with Crippen LogP contribution in [0, 0.1) is 23.2 Å². The molecule has 6 atom stereocenters. The molecule has 2 saturated carbocycles. The summed E-state index contributed by atoms with van der Waals surface area (Å²) in [7, 11) is 0. The Morgan fingerprint density at radius 3 is 2.69 bits per heavy atom. The van der Waals surface area contributed by atoms with E-state index in [1.807, 2.05) is 17.8 Å². The Hall–Kier alpha value is -1.58. The highest BCUT2D eigenvalue weighted by molar-refractivity contribution is 7.98. The van der Waals surface area contributed by atoms with Crippen molar-refractivity contribution in [1.29, 1.82) is 0 Å². The van der Waals surface area contributed by atoms with Crippen LogP contribution < -0.4 is 0 Å². The summed E-state index contributed by atoms with van der Waals surface area (Å²) in [5, 5.41) is 0. The fourth-order valence-electron chi connectivity index (χ4n) is 7.96. The van der Waals surface area contributed by atoms with Gasteiger partial charge in [0.2, 0.25) is 0 Å². The monoisotopic (exact) mass is 446 g/mol. The molecule has 0 radical (unpaired) electrons. The number of fused-ring (bicyclic) bond motifs is 5. The maximum absolute atomic E-state index is 12.5. The van der Waals surface area contributed by atoms with Gasteiger partial charge in [-0.05, 0) is 91.5 Å². The zero-order valence-electron chi connectivity index (χ0n) is 19.5. The number of ketones is 1. The van der Waals surface area contributed by atoms with Crippen molar-refractivity contribution in [2.45, 2.75) is 68.8 Å². The Morgan fingerprint density at radius 2 is 1.97 bits per heavy atom. The molecule has 2 fully saturated rings.